The first kappa shape index (κ1) is 18.3. The minimum absolute atomic E-state index is 0.375. The van der Waals surface area contributed by atoms with E-state index in [0.29, 0.717) is 6.04 Å². The smallest absolute Gasteiger partial charge is 0.213 e. The Morgan fingerprint density at radius 2 is 1.83 bits per heavy atom. The zero-order chi connectivity index (χ0) is 20.0. The molecule has 1 atom stereocenters. The predicted octanol–water partition coefficient (Wildman–Crippen LogP) is 3.95. The van der Waals surface area contributed by atoms with Crippen LogP contribution in [0.5, 0.6) is 0 Å². The van der Waals surface area contributed by atoms with Gasteiger partial charge in [-0.3, -0.25) is 4.90 Å². The lowest BCUT2D eigenvalue weighted by atomic mass is 10.1. The molecule has 1 aliphatic heterocycles. The van der Waals surface area contributed by atoms with E-state index in [1.807, 2.05) is 43.3 Å². The number of aromatic nitrogens is 4. The van der Waals surface area contributed by atoms with Crippen LogP contribution in [-0.4, -0.2) is 50.2 Å². The summed E-state index contributed by atoms with van der Waals surface area (Å²) >= 11 is 6.38. The fraction of sp³-hybridized carbons (Fsp3) is 0.318. The van der Waals surface area contributed by atoms with E-state index < -0.39 is 0 Å². The van der Waals surface area contributed by atoms with Crippen molar-refractivity contribution < 1.29 is 0 Å². The molecule has 0 amide bonds. The molecule has 0 bridgehead atoms. The van der Waals surface area contributed by atoms with Crippen molar-refractivity contribution in [1.82, 2.24) is 24.5 Å². The van der Waals surface area contributed by atoms with Gasteiger partial charge in [-0.15, -0.1) is 10.2 Å². The Morgan fingerprint density at radius 1 is 1.03 bits per heavy atom. The van der Waals surface area contributed by atoms with Gasteiger partial charge in [0.25, 0.3) is 0 Å². The molecule has 0 N–H and O–H groups in total. The summed E-state index contributed by atoms with van der Waals surface area (Å²) in [6.45, 7) is 7.84. The van der Waals surface area contributed by atoms with Gasteiger partial charge in [-0.05, 0) is 37.6 Å². The van der Waals surface area contributed by atoms with Crippen LogP contribution in [0.2, 0.25) is 5.02 Å². The Hall–Kier alpha value is -2.70. The van der Waals surface area contributed by atoms with E-state index in [9.17, 15) is 0 Å². The van der Waals surface area contributed by atoms with Crippen LogP contribution in [0.1, 0.15) is 18.3 Å². The van der Waals surface area contributed by atoms with E-state index in [2.05, 4.69) is 43.5 Å². The van der Waals surface area contributed by atoms with E-state index in [1.54, 1.807) is 0 Å². The number of benzene rings is 2. The number of para-hydroxylation sites is 1. The first-order chi connectivity index (χ1) is 14.1. The molecule has 4 aromatic rings. The molecule has 7 heteroatoms. The summed E-state index contributed by atoms with van der Waals surface area (Å²) in [5, 5.41) is 10.6. The zero-order valence-electron chi connectivity index (χ0n) is 16.6. The lowest BCUT2D eigenvalue weighted by Gasteiger charge is -2.40. The van der Waals surface area contributed by atoms with E-state index in [1.165, 1.54) is 5.56 Å². The fourth-order valence-corrected chi connectivity index (χ4v) is 4.36. The molecular formula is C22H23ClN6. The largest absolute Gasteiger partial charge is 0.339 e. The molecule has 1 fully saturated rings. The maximum atomic E-state index is 6.38. The van der Waals surface area contributed by atoms with Crippen molar-refractivity contribution in [3.63, 3.8) is 0 Å². The second-order valence-electron chi connectivity index (χ2n) is 7.69. The summed E-state index contributed by atoms with van der Waals surface area (Å²) in [6, 6.07) is 16.6. The van der Waals surface area contributed by atoms with Gasteiger partial charge in [0.2, 0.25) is 5.95 Å². The Kier molecular flexibility index (Phi) is 4.60. The number of anilines is 1. The Balaban J connectivity index is 1.46. The third kappa shape index (κ3) is 3.22. The number of nitrogens with zero attached hydrogens (tertiary/aromatic N) is 6. The van der Waals surface area contributed by atoms with Crippen molar-refractivity contribution in [2.45, 2.75) is 26.4 Å². The molecule has 5 rings (SSSR count). The van der Waals surface area contributed by atoms with Crippen LogP contribution in [-0.2, 0) is 6.54 Å². The van der Waals surface area contributed by atoms with Crippen LogP contribution in [0.15, 0.2) is 48.5 Å². The first-order valence-electron chi connectivity index (χ1n) is 9.94. The average molecular weight is 407 g/mol. The van der Waals surface area contributed by atoms with E-state index >= 15 is 0 Å². The number of halogens is 1. The van der Waals surface area contributed by atoms with Crippen LogP contribution >= 0.6 is 11.6 Å². The number of rotatable bonds is 3. The lowest BCUT2D eigenvalue weighted by Crippen LogP contribution is -2.52. The predicted molar refractivity (Wildman–Crippen MR) is 117 cm³/mol. The highest BCUT2D eigenvalue weighted by Gasteiger charge is 2.27. The second-order valence-corrected chi connectivity index (χ2v) is 8.10. The monoisotopic (exact) mass is 406 g/mol. The van der Waals surface area contributed by atoms with Gasteiger partial charge in [0.15, 0.2) is 5.65 Å². The molecule has 29 heavy (non-hydrogen) atoms. The quantitative estimate of drug-likeness (QED) is 0.515. The number of fused-ring (bicyclic) bond motifs is 3. The summed E-state index contributed by atoms with van der Waals surface area (Å²) in [4.78, 5) is 9.82. The summed E-state index contributed by atoms with van der Waals surface area (Å²) < 4.78 is 2.08. The van der Waals surface area contributed by atoms with Crippen molar-refractivity contribution >= 4 is 34.1 Å². The molecule has 1 saturated heterocycles. The van der Waals surface area contributed by atoms with E-state index in [-0.39, 0.29) is 0 Å². The molecule has 0 spiro atoms. The molecule has 3 heterocycles. The van der Waals surface area contributed by atoms with Gasteiger partial charge in [-0.2, -0.15) is 0 Å². The van der Waals surface area contributed by atoms with Crippen molar-refractivity contribution in [3.05, 3.63) is 64.9 Å². The number of piperazine rings is 1. The van der Waals surface area contributed by atoms with Gasteiger partial charge in [-0.25, -0.2) is 9.38 Å². The highest BCUT2D eigenvalue weighted by molar-refractivity contribution is 6.31. The van der Waals surface area contributed by atoms with Crippen molar-refractivity contribution in [2.75, 3.05) is 24.5 Å². The Morgan fingerprint density at radius 3 is 2.66 bits per heavy atom. The average Bonchev–Trinajstić information content (AvgIpc) is 3.12. The molecule has 1 aliphatic rings. The van der Waals surface area contributed by atoms with Gasteiger partial charge >= 0.3 is 0 Å². The van der Waals surface area contributed by atoms with Gasteiger partial charge in [0, 0.05) is 42.6 Å². The minimum Gasteiger partial charge on any atom is -0.339 e. The van der Waals surface area contributed by atoms with Crippen LogP contribution in [0.3, 0.4) is 0 Å². The molecular weight excluding hydrogens is 384 g/mol. The van der Waals surface area contributed by atoms with Gasteiger partial charge in [-0.1, -0.05) is 41.9 Å². The molecule has 0 aliphatic carbocycles. The molecule has 148 valence electrons. The number of hydrogen-bond acceptors (Lipinski definition) is 5. The Labute approximate surface area is 174 Å². The normalized spacial score (nSPS) is 18.0. The summed E-state index contributed by atoms with van der Waals surface area (Å²) in [6.07, 6.45) is 0. The van der Waals surface area contributed by atoms with Crippen molar-refractivity contribution in [1.29, 1.82) is 0 Å². The number of aryl methyl sites for hydroxylation is 1. The maximum absolute atomic E-state index is 6.38. The van der Waals surface area contributed by atoms with Gasteiger partial charge in [0.05, 0.1) is 5.52 Å². The van der Waals surface area contributed by atoms with Crippen LogP contribution in [0.4, 0.5) is 5.95 Å². The first-order valence-corrected chi connectivity index (χ1v) is 10.3. The molecule has 2 aromatic carbocycles. The fourth-order valence-electron chi connectivity index (χ4n) is 4.16. The molecule has 1 unspecified atom stereocenters. The lowest BCUT2D eigenvalue weighted by molar-refractivity contribution is 0.180. The second kappa shape index (κ2) is 7.28. The highest BCUT2D eigenvalue weighted by Crippen LogP contribution is 2.26. The van der Waals surface area contributed by atoms with E-state index in [0.717, 1.165) is 59.5 Å². The van der Waals surface area contributed by atoms with E-state index in [4.69, 9.17) is 16.6 Å². The molecule has 6 nitrogen and oxygen atoms in total. The molecule has 0 radical (unpaired) electrons. The maximum Gasteiger partial charge on any atom is 0.213 e. The summed E-state index contributed by atoms with van der Waals surface area (Å²) in [5.41, 5.74) is 3.00. The topological polar surface area (TPSA) is 49.6 Å². The summed E-state index contributed by atoms with van der Waals surface area (Å²) in [7, 11) is 0. The third-order valence-electron chi connectivity index (χ3n) is 5.77. The third-order valence-corrected chi connectivity index (χ3v) is 6.14. The minimum atomic E-state index is 0.375. The van der Waals surface area contributed by atoms with Crippen LogP contribution in [0.25, 0.3) is 16.6 Å². The van der Waals surface area contributed by atoms with Crippen LogP contribution < -0.4 is 4.90 Å². The highest BCUT2D eigenvalue weighted by atomic mass is 35.5. The Bertz CT molecular complexity index is 1190. The molecule has 0 saturated carbocycles. The standard InChI is InChI=1S/C22H23ClN6/c1-15-13-28(12-11-27(15)14-17-7-3-5-9-19(17)23)22-24-20-10-6-4-8-18(20)21-26-25-16(2)29(21)22/h3-10,15H,11-14H2,1-2H3. The van der Waals surface area contributed by atoms with Gasteiger partial charge < -0.3 is 4.90 Å². The summed E-state index contributed by atoms with van der Waals surface area (Å²) in [5.74, 6) is 1.78. The SMILES string of the molecule is Cc1nnc2c3ccccc3nc(N3CCN(Cc4ccccc4Cl)C(C)C3)n12. The zero-order valence-corrected chi connectivity index (χ0v) is 17.3. The number of hydrogen-bond donors (Lipinski definition) is 0. The molecule has 2 aromatic heterocycles. The van der Waals surface area contributed by atoms with Crippen molar-refractivity contribution in [3.8, 4) is 0 Å². The van der Waals surface area contributed by atoms with Gasteiger partial charge in [0.1, 0.15) is 5.82 Å². The van der Waals surface area contributed by atoms with Crippen LogP contribution in [0, 0.1) is 6.92 Å². The van der Waals surface area contributed by atoms with Crippen molar-refractivity contribution in [2.24, 2.45) is 0 Å².